The number of hydrogen-bond donors (Lipinski definition) is 2. The van der Waals surface area contributed by atoms with Crippen molar-refractivity contribution in [1.82, 2.24) is 10.6 Å². The number of hydrogen-bond acceptors (Lipinski definition) is 3. The molecule has 2 aromatic carbocycles. The molecule has 2 N–H and O–H groups in total. The first-order valence-electron chi connectivity index (χ1n) is 8.39. The molecule has 0 radical (unpaired) electrons. The van der Waals surface area contributed by atoms with Gasteiger partial charge in [0, 0.05) is 6.54 Å². The fraction of sp³-hybridized carbons (Fsp3) is 0.350. The van der Waals surface area contributed by atoms with Gasteiger partial charge in [-0.25, -0.2) is 4.79 Å². The van der Waals surface area contributed by atoms with E-state index in [0.717, 1.165) is 34.6 Å². The highest BCUT2D eigenvalue weighted by Crippen LogP contribution is 2.20. The van der Waals surface area contributed by atoms with Crippen LogP contribution in [0.1, 0.15) is 36.1 Å². The van der Waals surface area contributed by atoms with E-state index in [-0.39, 0.29) is 12.1 Å². The van der Waals surface area contributed by atoms with Crippen molar-refractivity contribution in [1.29, 1.82) is 0 Å². The molecule has 0 spiro atoms. The molecule has 2 aromatic rings. The molecule has 0 saturated heterocycles. The van der Waals surface area contributed by atoms with Crippen molar-refractivity contribution in [2.24, 2.45) is 0 Å². The summed E-state index contributed by atoms with van der Waals surface area (Å²) in [5, 5.41) is 5.92. The van der Waals surface area contributed by atoms with Crippen molar-refractivity contribution in [2.75, 3.05) is 14.2 Å². The van der Waals surface area contributed by atoms with Gasteiger partial charge in [-0.3, -0.25) is 0 Å². The molecule has 25 heavy (non-hydrogen) atoms. The molecule has 5 heteroatoms. The van der Waals surface area contributed by atoms with Crippen molar-refractivity contribution in [3.8, 4) is 11.5 Å². The van der Waals surface area contributed by atoms with Crippen LogP contribution in [0, 0.1) is 6.92 Å². The van der Waals surface area contributed by atoms with Gasteiger partial charge < -0.3 is 20.1 Å². The molecule has 2 rings (SSSR count). The van der Waals surface area contributed by atoms with Gasteiger partial charge in [0.1, 0.15) is 11.5 Å². The van der Waals surface area contributed by atoms with Crippen molar-refractivity contribution in [3.63, 3.8) is 0 Å². The topological polar surface area (TPSA) is 59.6 Å². The zero-order valence-corrected chi connectivity index (χ0v) is 15.3. The third-order valence-electron chi connectivity index (χ3n) is 4.14. The Morgan fingerprint density at radius 1 is 1.08 bits per heavy atom. The van der Waals surface area contributed by atoms with Crippen LogP contribution in [0.4, 0.5) is 4.79 Å². The molecule has 0 aliphatic rings. The molecule has 0 aliphatic heterocycles. The third kappa shape index (κ3) is 5.14. The summed E-state index contributed by atoms with van der Waals surface area (Å²) in [5.74, 6) is 1.65. The average Bonchev–Trinajstić information content (AvgIpc) is 2.64. The quantitative estimate of drug-likeness (QED) is 0.800. The minimum absolute atomic E-state index is 0.0384. The molecule has 0 bridgehead atoms. The Labute approximate surface area is 149 Å². The van der Waals surface area contributed by atoms with Crippen molar-refractivity contribution in [3.05, 3.63) is 59.2 Å². The van der Waals surface area contributed by atoms with Gasteiger partial charge >= 0.3 is 6.03 Å². The smallest absolute Gasteiger partial charge is 0.315 e. The van der Waals surface area contributed by atoms with Crippen LogP contribution in [0.3, 0.4) is 0 Å². The first kappa shape index (κ1) is 18.6. The zero-order valence-electron chi connectivity index (χ0n) is 15.3. The monoisotopic (exact) mass is 342 g/mol. The maximum atomic E-state index is 12.2. The average molecular weight is 342 g/mol. The molecule has 5 nitrogen and oxygen atoms in total. The number of nitrogens with one attached hydrogen (secondary N) is 2. The van der Waals surface area contributed by atoms with E-state index in [4.69, 9.17) is 9.47 Å². The Morgan fingerprint density at radius 3 is 2.36 bits per heavy atom. The van der Waals surface area contributed by atoms with E-state index in [1.54, 1.807) is 14.2 Å². The highest BCUT2D eigenvalue weighted by atomic mass is 16.5. The Hall–Kier alpha value is -2.69. The van der Waals surface area contributed by atoms with Gasteiger partial charge in [0.05, 0.1) is 20.3 Å². The standard InChI is InChI=1S/C20H26N2O3/c1-5-18(16-7-9-17(24-3)10-8-16)22-20(23)21-13-15-6-11-19(25-4)14(2)12-15/h6-12,18H,5,13H2,1-4H3,(H2,21,22,23). The largest absolute Gasteiger partial charge is 0.497 e. The molecular formula is C20H26N2O3. The Morgan fingerprint density at radius 2 is 1.80 bits per heavy atom. The van der Waals surface area contributed by atoms with E-state index in [9.17, 15) is 4.79 Å². The third-order valence-corrected chi connectivity index (χ3v) is 4.14. The van der Waals surface area contributed by atoms with E-state index in [1.165, 1.54) is 0 Å². The van der Waals surface area contributed by atoms with Crippen molar-refractivity contribution in [2.45, 2.75) is 32.9 Å². The molecule has 0 aliphatic carbocycles. The molecule has 1 unspecified atom stereocenters. The normalized spacial score (nSPS) is 11.5. The van der Waals surface area contributed by atoms with Crippen molar-refractivity contribution < 1.29 is 14.3 Å². The molecule has 134 valence electrons. The summed E-state index contributed by atoms with van der Waals surface area (Å²) in [6, 6.07) is 13.4. The fourth-order valence-corrected chi connectivity index (χ4v) is 2.70. The number of amides is 2. The zero-order chi connectivity index (χ0) is 18.2. The molecule has 0 saturated carbocycles. The summed E-state index contributed by atoms with van der Waals surface area (Å²) in [6.45, 7) is 4.50. The first-order chi connectivity index (χ1) is 12.1. The number of carbonyl (C=O) groups is 1. The summed E-state index contributed by atoms with van der Waals surface area (Å²) in [7, 11) is 3.29. The number of methoxy groups -OCH3 is 2. The lowest BCUT2D eigenvalue weighted by atomic mass is 10.0. The van der Waals surface area contributed by atoms with Crippen LogP contribution in [0.5, 0.6) is 11.5 Å². The number of benzene rings is 2. The molecular weight excluding hydrogens is 316 g/mol. The van der Waals surface area contributed by atoms with E-state index >= 15 is 0 Å². The predicted octanol–water partition coefficient (Wildman–Crippen LogP) is 3.96. The maximum Gasteiger partial charge on any atom is 0.315 e. The van der Waals surface area contributed by atoms with Gasteiger partial charge in [0.25, 0.3) is 0 Å². The SMILES string of the molecule is CCC(NC(=O)NCc1ccc(OC)c(C)c1)c1ccc(OC)cc1. The number of carbonyl (C=O) groups excluding carboxylic acids is 1. The number of aryl methyl sites for hydroxylation is 1. The highest BCUT2D eigenvalue weighted by molar-refractivity contribution is 5.74. The maximum absolute atomic E-state index is 12.2. The number of rotatable bonds is 7. The number of urea groups is 1. The fourth-order valence-electron chi connectivity index (χ4n) is 2.70. The summed E-state index contributed by atoms with van der Waals surface area (Å²) in [5.41, 5.74) is 3.14. The van der Waals surface area contributed by atoms with Crippen LogP contribution in [0.15, 0.2) is 42.5 Å². The summed E-state index contributed by atoms with van der Waals surface area (Å²) in [6.07, 6.45) is 0.807. The second kappa shape index (κ2) is 8.97. The second-order valence-electron chi connectivity index (χ2n) is 5.86. The second-order valence-corrected chi connectivity index (χ2v) is 5.86. The van der Waals surface area contributed by atoms with Crippen LogP contribution in [-0.2, 0) is 6.54 Å². The molecule has 0 fully saturated rings. The Bertz CT molecular complexity index is 699. The van der Waals surface area contributed by atoms with Crippen LogP contribution in [0.25, 0.3) is 0 Å². The first-order valence-corrected chi connectivity index (χ1v) is 8.39. The summed E-state index contributed by atoms with van der Waals surface area (Å²) >= 11 is 0. The lowest BCUT2D eigenvalue weighted by molar-refractivity contribution is 0.236. The van der Waals surface area contributed by atoms with E-state index in [0.29, 0.717) is 6.54 Å². The van der Waals surface area contributed by atoms with Gasteiger partial charge in [-0.1, -0.05) is 31.2 Å². The van der Waals surface area contributed by atoms with Crippen molar-refractivity contribution >= 4 is 6.03 Å². The number of ether oxygens (including phenoxy) is 2. The minimum Gasteiger partial charge on any atom is -0.497 e. The predicted molar refractivity (Wildman–Crippen MR) is 99.1 cm³/mol. The van der Waals surface area contributed by atoms with Gasteiger partial charge in [0.2, 0.25) is 0 Å². The van der Waals surface area contributed by atoms with Crippen LogP contribution in [-0.4, -0.2) is 20.3 Å². The van der Waals surface area contributed by atoms with E-state index in [2.05, 4.69) is 10.6 Å². The van der Waals surface area contributed by atoms with Crippen LogP contribution < -0.4 is 20.1 Å². The summed E-state index contributed by atoms with van der Waals surface area (Å²) in [4.78, 5) is 12.2. The van der Waals surface area contributed by atoms with Gasteiger partial charge in [-0.05, 0) is 48.2 Å². The van der Waals surface area contributed by atoms with Crippen LogP contribution in [0.2, 0.25) is 0 Å². The Balaban J connectivity index is 1.92. The van der Waals surface area contributed by atoms with Gasteiger partial charge in [-0.2, -0.15) is 0 Å². The molecule has 0 heterocycles. The van der Waals surface area contributed by atoms with Gasteiger partial charge in [0.15, 0.2) is 0 Å². The molecule has 2 amide bonds. The van der Waals surface area contributed by atoms with Gasteiger partial charge in [-0.15, -0.1) is 0 Å². The minimum atomic E-state index is -0.184. The lowest BCUT2D eigenvalue weighted by Gasteiger charge is -2.18. The molecule has 0 aromatic heterocycles. The van der Waals surface area contributed by atoms with E-state index < -0.39 is 0 Å². The Kier molecular flexibility index (Phi) is 6.69. The van der Waals surface area contributed by atoms with Crippen LogP contribution >= 0.6 is 0 Å². The summed E-state index contributed by atoms with van der Waals surface area (Å²) < 4.78 is 10.4. The van der Waals surface area contributed by atoms with E-state index in [1.807, 2.05) is 56.3 Å². The lowest BCUT2D eigenvalue weighted by Crippen LogP contribution is -2.37. The highest BCUT2D eigenvalue weighted by Gasteiger charge is 2.12. The molecule has 1 atom stereocenters.